The van der Waals surface area contributed by atoms with Crippen molar-refractivity contribution in [1.29, 1.82) is 0 Å². The van der Waals surface area contributed by atoms with E-state index in [9.17, 15) is 4.79 Å². The van der Waals surface area contributed by atoms with E-state index in [2.05, 4.69) is 24.9 Å². The van der Waals surface area contributed by atoms with Gasteiger partial charge >= 0.3 is 0 Å². The number of aromatic nitrogens is 1. The van der Waals surface area contributed by atoms with Crippen LogP contribution >= 0.6 is 0 Å². The molecule has 1 unspecified atom stereocenters. The molecule has 1 aromatic heterocycles. The van der Waals surface area contributed by atoms with Gasteiger partial charge in [0.1, 0.15) is 0 Å². The maximum atomic E-state index is 12.6. The highest BCUT2D eigenvalue weighted by Gasteiger charge is 2.37. The van der Waals surface area contributed by atoms with E-state index in [1.54, 1.807) is 0 Å². The molecule has 1 aliphatic heterocycles. The first-order valence-electron chi connectivity index (χ1n) is 7.61. The molecule has 0 saturated carbocycles. The van der Waals surface area contributed by atoms with E-state index in [4.69, 9.17) is 5.73 Å². The molecule has 1 aromatic carbocycles. The third-order valence-electron chi connectivity index (χ3n) is 4.60. The Labute approximate surface area is 125 Å². The standard InChI is InChI=1S/C17H23N3O/c1-17(2)8-5-9-20(17)16(21)14(18)10-12-11-19-15-7-4-3-6-13(12)15/h3-4,6-7,11,14,19H,5,8-10,18H2,1-2H3. The Morgan fingerprint density at radius 1 is 1.43 bits per heavy atom. The van der Waals surface area contributed by atoms with E-state index in [0.29, 0.717) is 6.42 Å². The van der Waals surface area contributed by atoms with Gasteiger partial charge in [-0.1, -0.05) is 18.2 Å². The highest BCUT2D eigenvalue weighted by atomic mass is 16.2. The summed E-state index contributed by atoms with van der Waals surface area (Å²) in [5.74, 6) is 0.0720. The molecular formula is C17H23N3O. The first kappa shape index (κ1) is 14.1. The minimum Gasteiger partial charge on any atom is -0.361 e. The first-order chi connectivity index (χ1) is 9.99. The molecule has 0 radical (unpaired) electrons. The van der Waals surface area contributed by atoms with Crippen molar-refractivity contribution in [3.05, 3.63) is 36.0 Å². The molecule has 2 aromatic rings. The second-order valence-corrected chi connectivity index (χ2v) is 6.58. The molecule has 4 heteroatoms. The van der Waals surface area contributed by atoms with Gasteiger partial charge in [0, 0.05) is 29.2 Å². The minimum atomic E-state index is -0.471. The van der Waals surface area contributed by atoms with E-state index in [1.807, 2.05) is 29.3 Å². The number of benzene rings is 1. The Balaban J connectivity index is 1.77. The van der Waals surface area contributed by atoms with Gasteiger partial charge in [-0.3, -0.25) is 4.79 Å². The van der Waals surface area contributed by atoms with Crippen molar-refractivity contribution >= 4 is 16.8 Å². The van der Waals surface area contributed by atoms with Gasteiger partial charge in [-0.25, -0.2) is 0 Å². The van der Waals surface area contributed by atoms with Crippen LogP contribution in [0.4, 0.5) is 0 Å². The number of fused-ring (bicyclic) bond motifs is 1. The van der Waals surface area contributed by atoms with Crippen LogP contribution < -0.4 is 5.73 Å². The minimum absolute atomic E-state index is 0.0606. The number of nitrogens with one attached hydrogen (secondary N) is 1. The van der Waals surface area contributed by atoms with Gasteiger partial charge < -0.3 is 15.6 Å². The smallest absolute Gasteiger partial charge is 0.240 e. The molecule has 112 valence electrons. The summed E-state index contributed by atoms with van der Waals surface area (Å²) in [6, 6.07) is 7.65. The number of amides is 1. The lowest BCUT2D eigenvalue weighted by Crippen LogP contribution is -2.50. The molecule has 0 aliphatic carbocycles. The molecule has 4 nitrogen and oxygen atoms in total. The highest BCUT2D eigenvalue weighted by molar-refractivity contribution is 5.86. The van der Waals surface area contributed by atoms with Crippen LogP contribution in [-0.4, -0.2) is 33.9 Å². The summed E-state index contributed by atoms with van der Waals surface area (Å²) in [6.07, 6.45) is 4.67. The predicted octanol–water partition coefficient (Wildman–Crippen LogP) is 2.44. The molecule has 2 heterocycles. The summed E-state index contributed by atoms with van der Waals surface area (Å²) >= 11 is 0. The summed E-state index contributed by atoms with van der Waals surface area (Å²) in [6.45, 7) is 5.07. The lowest BCUT2D eigenvalue weighted by molar-refractivity contribution is -0.135. The average molecular weight is 285 g/mol. The summed E-state index contributed by atoms with van der Waals surface area (Å²) in [7, 11) is 0. The Bertz CT molecular complexity index is 659. The van der Waals surface area contributed by atoms with Crippen LogP contribution in [0.3, 0.4) is 0 Å². The molecule has 0 spiro atoms. The number of rotatable bonds is 3. The third kappa shape index (κ3) is 2.56. The van der Waals surface area contributed by atoms with E-state index in [1.165, 1.54) is 0 Å². The van der Waals surface area contributed by atoms with Crippen molar-refractivity contribution in [3.63, 3.8) is 0 Å². The van der Waals surface area contributed by atoms with E-state index in [-0.39, 0.29) is 11.4 Å². The largest absolute Gasteiger partial charge is 0.361 e. The fourth-order valence-corrected chi connectivity index (χ4v) is 3.34. The summed E-state index contributed by atoms with van der Waals surface area (Å²) in [4.78, 5) is 17.8. The van der Waals surface area contributed by atoms with Crippen LogP contribution in [0.15, 0.2) is 30.5 Å². The van der Waals surface area contributed by atoms with Gasteiger partial charge in [0.2, 0.25) is 5.91 Å². The molecule has 1 atom stereocenters. The summed E-state index contributed by atoms with van der Waals surface area (Å²) in [5, 5.41) is 1.15. The number of carbonyl (C=O) groups excluding carboxylic acids is 1. The van der Waals surface area contributed by atoms with Crippen molar-refractivity contribution in [3.8, 4) is 0 Å². The molecule has 3 N–H and O–H groups in total. The van der Waals surface area contributed by atoms with Gasteiger partial charge in [-0.15, -0.1) is 0 Å². The zero-order valence-electron chi connectivity index (χ0n) is 12.7. The van der Waals surface area contributed by atoms with Crippen LogP contribution in [0.2, 0.25) is 0 Å². The Hall–Kier alpha value is -1.81. The number of likely N-dealkylation sites (tertiary alicyclic amines) is 1. The number of para-hydroxylation sites is 1. The fourth-order valence-electron chi connectivity index (χ4n) is 3.34. The van der Waals surface area contributed by atoms with E-state index < -0.39 is 6.04 Å². The van der Waals surface area contributed by atoms with Gasteiger partial charge in [0.05, 0.1) is 6.04 Å². The average Bonchev–Trinajstić information content (AvgIpc) is 3.01. The monoisotopic (exact) mass is 285 g/mol. The van der Waals surface area contributed by atoms with Gasteiger partial charge in [-0.2, -0.15) is 0 Å². The zero-order chi connectivity index (χ0) is 15.0. The number of aromatic amines is 1. The number of hydrogen-bond donors (Lipinski definition) is 2. The molecule has 0 bridgehead atoms. The van der Waals surface area contributed by atoms with Crippen molar-refractivity contribution in [2.45, 2.75) is 44.7 Å². The van der Waals surface area contributed by atoms with E-state index in [0.717, 1.165) is 35.9 Å². The first-order valence-corrected chi connectivity index (χ1v) is 7.61. The van der Waals surface area contributed by atoms with Crippen molar-refractivity contribution in [2.24, 2.45) is 5.73 Å². The molecule has 1 amide bonds. The molecule has 21 heavy (non-hydrogen) atoms. The maximum Gasteiger partial charge on any atom is 0.240 e. The lowest BCUT2D eigenvalue weighted by Gasteiger charge is -2.33. The Morgan fingerprint density at radius 2 is 2.19 bits per heavy atom. The highest BCUT2D eigenvalue weighted by Crippen LogP contribution is 2.29. The zero-order valence-corrected chi connectivity index (χ0v) is 12.7. The molecule has 3 rings (SSSR count). The van der Waals surface area contributed by atoms with Crippen molar-refractivity contribution in [1.82, 2.24) is 9.88 Å². The van der Waals surface area contributed by atoms with Crippen LogP contribution in [-0.2, 0) is 11.2 Å². The van der Waals surface area contributed by atoms with Crippen LogP contribution in [0.5, 0.6) is 0 Å². The number of nitrogens with zero attached hydrogens (tertiary/aromatic N) is 1. The van der Waals surface area contributed by atoms with Gasteiger partial charge in [-0.05, 0) is 44.7 Å². The SMILES string of the molecule is CC1(C)CCCN1C(=O)C(N)Cc1c[nH]c2ccccc12. The number of carbonyl (C=O) groups is 1. The fraction of sp³-hybridized carbons (Fsp3) is 0.471. The molecule has 1 fully saturated rings. The number of hydrogen-bond acceptors (Lipinski definition) is 2. The van der Waals surface area contributed by atoms with Crippen LogP contribution in [0.1, 0.15) is 32.3 Å². The van der Waals surface area contributed by atoms with Crippen LogP contribution in [0, 0.1) is 0 Å². The van der Waals surface area contributed by atoms with E-state index >= 15 is 0 Å². The maximum absolute atomic E-state index is 12.6. The normalized spacial score (nSPS) is 19.1. The lowest BCUT2D eigenvalue weighted by atomic mass is 10.00. The third-order valence-corrected chi connectivity index (χ3v) is 4.60. The predicted molar refractivity (Wildman–Crippen MR) is 85.0 cm³/mol. The molecule has 1 saturated heterocycles. The number of nitrogens with two attached hydrogens (primary N) is 1. The number of H-pyrrole nitrogens is 1. The Morgan fingerprint density at radius 3 is 2.90 bits per heavy atom. The molecule has 1 aliphatic rings. The summed E-state index contributed by atoms with van der Waals surface area (Å²) < 4.78 is 0. The second kappa shape index (κ2) is 5.19. The van der Waals surface area contributed by atoms with Crippen molar-refractivity contribution in [2.75, 3.05) is 6.54 Å². The van der Waals surface area contributed by atoms with Gasteiger partial charge in [0.15, 0.2) is 0 Å². The topological polar surface area (TPSA) is 62.1 Å². The Kier molecular flexibility index (Phi) is 3.49. The van der Waals surface area contributed by atoms with Gasteiger partial charge in [0.25, 0.3) is 0 Å². The summed E-state index contributed by atoms with van der Waals surface area (Å²) in [5.41, 5.74) is 8.34. The van der Waals surface area contributed by atoms with Crippen LogP contribution in [0.25, 0.3) is 10.9 Å². The molecular weight excluding hydrogens is 262 g/mol. The van der Waals surface area contributed by atoms with Crippen molar-refractivity contribution < 1.29 is 4.79 Å². The quantitative estimate of drug-likeness (QED) is 0.910. The second-order valence-electron chi connectivity index (χ2n) is 6.58.